The molecule has 0 saturated carbocycles. The van der Waals surface area contributed by atoms with Crippen molar-refractivity contribution < 1.29 is 19.2 Å². The van der Waals surface area contributed by atoms with Gasteiger partial charge < -0.3 is 11.1 Å². The maximum atomic E-state index is 12.8. The number of rotatable bonds is 5. The van der Waals surface area contributed by atoms with Gasteiger partial charge in [0.15, 0.2) is 0 Å². The molecule has 2 aromatic rings. The van der Waals surface area contributed by atoms with Crippen LogP contribution in [0.3, 0.4) is 0 Å². The Morgan fingerprint density at radius 2 is 1.79 bits per heavy atom. The van der Waals surface area contributed by atoms with Gasteiger partial charge in [-0.2, -0.15) is 0 Å². The van der Waals surface area contributed by atoms with Gasteiger partial charge in [0.25, 0.3) is 11.8 Å². The second-order valence-corrected chi connectivity index (χ2v) is 6.02. The van der Waals surface area contributed by atoms with Crippen molar-refractivity contribution in [1.29, 1.82) is 0 Å². The molecule has 0 aliphatic rings. The summed E-state index contributed by atoms with van der Waals surface area (Å²) in [6.07, 6.45) is 3.42. The smallest absolute Gasteiger partial charge is 0.267 e. The van der Waals surface area contributed by atoms with Crippen molar-refractivity contribution in [3.05, 3.63) is 77.1 Å². The van der Waals surface area contributed by atoms with Crippen molar-refractivity contribution in [2.45, 2.75) is 19.0 Å². The highest BCUT2D eigenvalue weighted by Gasteiger charge is 2.24. The van der Waals surface area contributed by atoms with Gasteiger partial charge in [0.2, 0.25) is 0 Å². The number of carbonyl (C=O) groups is 2. The monoisotopic (exact) mass is 381 g/mol. The zero-order valence-corrected chi connectivity index (χ0v) is 15.1. The quantitative estimate of drug-likeness (QED) is 0.360. The number of halogens is 1. The molecule has 6 nitrogen and oxygen atoms in total. The molecule has 0 fully saturated rings. The van der Waals surface area contributed by atoms with Crippen molar-refractivity contribution in [2.24, 2.45) is 5.73 Å². The Labute approximate surface area is 162 Å². The fourth-order valence-electron chi connectivity index (χ4n) is 2.27. The fourth-order valence-corrected chi connectivity index (χ4v) is 2.27. The second-order valence-electron chi connectivity index (χ2n) is 6.02. The number of hydrogen-bond acceptors (Lipinski definition) is 4. The maximum Gasteiger partial charge on any atom is 0.267 e. The lowest BCUT2D eigenvalue weighted by atomic mass is 10.1. The normalized spacial score (nSPS) is 12.6. The zero-order chi connectivity index (χ0) is 20.5. The first-order chi connectivity index (χ1) is 13.4. The summed E-state index contributed by atoms with van der Waals surface area (Å²) in [4.78, 5) is 23.8. The number of allylic oxidation sites excluding steroid dienone is 1. The molecule has 0 saturated heterocycles. The number of carbonyl (C=O) groups excluding carboxylic acids is 2. The van der Waals surface area contributed by atoms with E-state index in [0.29, 0.717) is 11.1 Å². The second kappa shape index (κ2) is 10.0. The molecule has 144 valence electrons. The minimum atomic E-state index is -1.06. The van der Waals surface area contributed by atoms with Gasteiger partial charge in [-0.05, 0) is 61.0 Å². The highest BCUT2D eigenvalue weighted by atomic mass is 19.1. The largest absolute Gasteiger partial charge is 0.339 e. The van der Waals surface area contributed by atoms with Crippen LogP contribution in [0.4, 0.5) is 4.39 Å². The van der Waals surface area contributed by atoms with Gasteiger partial charge in [0, 0.05) is 17.2 Å². The summed E-state index contributed by atoms with van der Waals surface area (Å²) >= 11 is 0. The van der Waals surface area contributed by atoms with Crippen LogP contribution in [-0.4, -0.2) is 29.1 Å². The van der Waals surface area contributed by atoms with E-state index in [1.807, 2.05) is 0 Å². The molecule has 0 aromatic heterocycles. The number of amides is 2. The molecule has 7 heteroatoms. The van der Waals surface area contributed by atoms with Gasteiger partial charge in [-0.3, -0.25) is 14.8 Å². The third-order valence-corrected chi connectivity index (χ3v) is 3.80. The third kappa shape index (κ3) is 6.06. The number of nitrogens with two attached hydrogens (primary N) is 1. The summed E-state index contributed by atoms with van der Waals surface area (Å²) in [5.41, 5.74) is 9.00. The average Bonchev–Trinajstić information content (AvgIpc) is 2.70. The summed E-state index contributed by atoms with van der Waals surface area (Å²) in [6.45, 7) is 1.54. The third-order valence-electron chi connectivity index (χ3n) is 3.80. The van der Waals surface area contributed by atoms with Gasteiger partial charge in [-0.15, -0.1) is 0 Å². The highest BCUT2D eigenvalue weighted by molar-refractivity contribution is 5.97. The van der Waals surface area contributed by atoms with E-state index < -0.39 is 23.9 Å². The molecule has 0 bridgehead atoms. The Bertz CT molecular complexity index is 911. The topological polar surface area (TPSA) is 104 Å². The van der Waals surface area contributed by atoms with Crippen LogP contribution in [0, 0.1) is 17.7 Å². The van der Waals surface area contributed by atoms with Gasteiger partial charge in [0.05, 0.1) is 0 Å². The van der Waals surface area contributed by atoms with Crippen LogP contribution in [0.25, 0.3) is 6.08 Å². The average molecular weight is 381 g/mol. The number of benzene rings is 2. The van der Waals surface area contributed by atoms with Crippen molar-refractivity contribution in [2.75, 3.05) is 0 Å². The van der Waals surface area contributed by atoms with Crippen LogP contribution in [0.15, 0.2) is 54.6 Å². The molecule has 5 N–H and O–H groups in total. The summed E-state index contributed by atoms with van der Waals surface area (Å²) in [5, 5.41) is 11.2. The lowest BCUT2D eigenvalue weighted by Crippen LogP contribution is -2.54. The van der Waals surface area contributed by atoms with E-state index in [9.17, 15) is 14.0 Å². The predicted molar refractivity (Wildman–Crippen MR) is 104 cm³/mol. The molecule has 2 rings (SSSR count). The van der Waals surface area contributed by atoms with Crippen LogP contribution >= 0.6 is 0 Å². The van der Waals surface area contributed by atoms with Crippen LogP contribution < -0.4 is 16.5 Å². The minimum absolute atomic E-state index is 0.311. The lowest BCUT2D eigenvalue weighted by Gasteiger charge is -2.20. The Kier molecular flexibility index (Phi) is 7.45. The van der Waals surface area contributed by atoms with Crippen molar-refractivity contribution >= 4 is 17.9 Å². The molecule has 0 radical (unpaired) electrons. The van der Waals surface area contributed by atoms with Gasteiger partial charge in [-0.1, -0.05) is 24.0 Å². The molecule has 0 unspecified atom stereocenters. The standard InChI is InChI=1S/C21H20FN3O3/c1-14(23)19(21(27)25-28)24-20(26)17-10-6-15(7-11-17)4-2-3-5-16-8-12-18(22)13-9-16/h2,4,6-14,19,28H,23H2,1H3,(H,24,26)(H,25,27)/t14-,19+/m1/s1. The molecule has 0 aliphatic carbocycles. The SMILES string of the molecule is C[C@@H](N)[C@H](NC(=O)c1ccc(C=CC#Cc2ccc(F)cc2)cc1)C(=O)NO. The summed E-state index contributed by atoms with van der Waals surface area (Å²) in [5.74, 6) is 4.14. The van der Waals surface area contributed by atoms with Gasteiger partial charge >= 0.3 is 0 Å². The molecule has 0 spiro atoms. The maximum absolute atomic E-state index is 12.8. The van der Waals surface area contributed by atoms with E-state index in [1.165, 1.54) is 17.6 Å². The summed E-state index contributed by atoms with van der Waals surface area (Å²) in [7, 11) is 0. The Morgan fingerprint density at radius 3 is 2.36 bits per heavy atom. The lowest BCUT2D eigenvalue weighted by molar-refractivity contribution is -0.131. The minimum Gasteiger partial charge on any atom is -0.339 e. The van der Waals surface area contributed by atoms with E-state index in [4.69, 9.17) is 10.9 Å². The number of hydrogen-bond donors (Lipinski definition) is 4. The van der Waals surface area contributed by atoms with E-state index >= 15 is 0 Å². The van der Waals surface area contributed by atoms with Gasteiger partial charge in [-0.25, -0.2) is 9.87 Å². The van der Waals surface area contributed by atoms with Crippen LogP contribution in [0.2, 0.25) is 0 Å². The fraction of sp³-hybridized carbons (Fsp3) is 0.143. The highest BCUT2D eigenvalue weighted by Crippen LogP contribution is 2.07. The molecule has 2 aromatic carbocycles. The van der Waals surface area contributed by atoms with Crippen molar-refractivity contribution in [1.82, 2.24) is 10.8 Å². The Morgan fingerprint density at radius 1 is 1.14 bits per heavy atom. The Balaban J connectivity index is 2.00. The summed E-state index contributed by atoms with van der Waals surface area (Å²) < 4.78 is 12.8. The first-order valence-electron chi connectivity index (χ1n) is 8.45. The number of hydroxylamine groups is 1. The van der Waals surface area contributed by atoms with E-state index in [0.717, 1.165) is 5.56 Å². The summed E-state index contributed by atoms with van der Waals surface area (Å²) in [6, 6.07) is 10.8. The zero-order valence-electron chi connectivity index (χ0n) is 15.1. The first-order valence-corrected chi connectivity index (χ1v) is 8.45. The molecule has 28 heavy (non-hydrogen) atoms. The number of nitrogens with one attached hydrogen (secondary N) is 2. The van der Waals surface area contributed by atoms with Crippen molar-refractivity contribution in [3.8, 4) is 11.8 Å². The first kappa shape index (κ1) is 20.8. The van der Waals surface area contributed by atoms with E-state index in [2.05, 4.69) is 17.2 Å². The van der Waals surface area contributed by atoms with Gasteiger partial charge in [0.1, 0.15) is 11.9 Å². The molecule has 0 heterocycles. The van der Waals surface area contributed by atoms with Crippen LogP contribution in [0.1, 0.15) is 28.4 Å². The Hall–Kier alpha value is -3.47. The van der Waals surface area contributed by atoms with E-state index in [1.54, 1.807) is 55.5 Å². The molecule has 2 amide bonds. The molecular formula is C21H20FN3O3. The van der Waals surface area contributed by atoms with Crippen molar-refractivity contribution in [3.63, 3.8) is 0 Å². The molecule has 2 atom stereocenters. The van der Waals surface area contributed by atoms with Crippen LogP contribution in [0.5, 0.6) is 0 Å². The molecule has 0 aliphatic heterocycles. The van der Waals surface area contributed by atoms with E-state index in [-0.39, 0.29) is 5.82 Å². The van der Waals surface area contributed by atoms with Crippen LogP contribution in [-0.2, 0) is 4.79 Å². The predicted octanol–water partition coefficient (Wildman–Crippen LogP) is 1.84. The molecular weight excluding hydrogens is 361 g/mol.